The van der Waals surface area contributed by atoms with Crippen molar-refractivity contribution >= 4 is 17.3 Å². The monoisotopic (exact) mass is 247 g/mol. The molecule has 18 heavy (non-hydrogen) atoms. The first-order chi connectivity index (χ1) is 8.58. The van der Waals surface area contributed by atoms with Crippen LogP contribution in [0.1, 0.15) is 12.8 Å². The summed E-state index contributed by atoms with van der Waals surface area (Å²) in [5.41, 5.74) is 2.14. The Bertz CT molecular complexity index is 410. The fourth-order valence-corrected chi connectivity index (χ4v) is 1.85. The second-order valence-electron chi connectivity index (χ2n) is 5.03. The summed E-state index contributed by atoms with van der Waals surface area (Å²) in [6.07, 6.45) is 2.31. The van der Waals surface area contributed by atoms with Crippen LogP contribution in [0, 0.1) is 0 Å². The highest BCUT2D eigenvalue weighted by atomic mass is 16.2. The van der Waals surface area contributed by atoms with Gasteiger partial charge < -0.3 is 15.1 Å². The van der Waals surface area contributed by atoms with Gasteiger partial charge in [0, 0.05) is 38.6 Å². The van der Waals surface area contributed by atoms with Crippen LogP contribution in [0.4, 0.5) is 11.4 Å². The Hall–Kier alpha value is -1.71. The standard InChI is InChI=1S/C14H21N3O/c1-16(2)12-6-4-11(5-7-12)15-10-14(18)17(3)13-8-9-13/h4-7,13,15H,8-10H2,1-3H3. The summed E-state index contributed by atoms with van der Waals surface area (Å²) in [7, 11) is 5.91. The Morgan fingerprint density at radius 2 is 1.83 bits per heavy atom. The number of anilines is 2. The van der Waals surface area contributed by atoms with Gasteiger partial charge >= 0.3 is 0 Å². The number of rotatable bonds is 5. The zero-order chi connectivity index (χ0) is 13.1. The molecule has 4 nitrogen and oxygen atoms in total. The number of carbonyl (C=O) groups excluding carboxylic acids is 1. The van der Waals surface area contributed by atoms with Crippen molar-refractivity contribution in [3.05, 3.63) is 24.3 Å². The lowest BCUT2D eigenvalue weighted by Gasteiger charge is -2.17. The lowest BCUT2D eigenvalue weighted by atomic mass is 10.2. The molecule has 1 amide bonds. The molecule has 0 saturated heterocycles. The summed E-state index contributed by atoms with van der Waals surface area (Å²) in [5, 5.41) is 3.16. The fraction of sp³-hybridized carbons (Fsp3) is 0.500. The van der Waals surface area contributed by atoms with Crippen LogP contribution in [0.15, 0.2) is 24.3 Å². The Morgan fingerprint density at radius 3 is 2.33 bits per heavy atom. The molecular formula is C14H21N3O. The van der Waals surface area contributed by atoms with E-state index in [4.69, 9.17) is 0 Å². The molecule has 0 aromatic heterocycles. The summed E-state index contributed by atoms with van der Waals surface area (Å²) in [4.78, 5) is 15.7. The van der Waals surface area contributed by atoms with Crippen molar-refractivity contribution in [2.75, 3.05) is 37.9 Å². The first-order valence-corrected chi connectivity index (χ1v) is 6.35. The average Bonchev–Trinajstić information content (AvgIpc) is 3.19. The molecule has 1 aliphatic rings. The minimum atomic E-state index is 0.161. The van der Waals surface area contributed by atoms with Gasteiger partial charge in [-0.2, -0.15) is 0 Å². The van der Waals surface area contributed by atoms with Gasteiger partial charge in [0.1, 0.15) is 0 Å². The lowest BCUT2D eigenvalue weighted by molar-refractivity contribution is -0.128. The molecule has 1 aliphatic carbocycles. The Labute approximate surface area is 109 Å². The molecule has 0 heterocycles. The van der Waals surface area contributed by atoms with Gasteiger partial charge in [-0.05, 0) is 37.1 Å². The van der Waals surface area contributed by atoms with Crippen molar-refractivity contribution in [1.29, 1.82) is 0 Å². The summed E-state index contributed by atoms with van der Waals surface area (Å²) in [6.45, 7) is 0.369. The van der Waals surface area contributed by atoms with Crippen molar-refractivity contribution in [1.82, 2.24) is 4.90 Å². The van der Waals surface area contributed by atoms with E-state index >= 15 is 0 Å². The summed E-state index contributed by atoms with van der Waals surface area (Å²) >= 11 is 0. The second kappa shape index (κ2) is 5.29. The lowest BCUT2D eigenvalue weighted by Crippen LogP contribution is -2.33. The molecule has 2 rings (SSSR count). The highest BCUT2D eigenvalue weighted by molar-refractivity contribution is 5.81. The van der Waals surface area contributed by atoms with Crippen LogP contribution in [0.3, 0.4) is 0 Å². The Balaban J connectivity index is 1.84. The third-order valence-corrected chi connectivity index (χ3v) is 3.32. The number of nitrogens with one attached hydrogen (secondary N) is 1. The smallest absolute Gasteiger partial charge is 0.241 e. The number of carbonyl (C=O) groups is 1. The fourth-order valence-electron chi connectivity index (χ4n) is 1.85. The van der Waals surface area contributed by atoms with Crippen LogP contribution in [-0.2, 0) is 4.79 Å². The summed E-state index contributed by atoms with van der Waals surface area (Å²) < 4.78 is 0. The van der Waals surface area contributed by atoms with Crippen molar-refractivity contribution < 1.29 is 4.79 Å². The summed E-state index contributed by atoms with van der Waals surface area (Å²) in [5.74, 6) is 0.161. The molecule has 1 aromatic rings. The van der Waals surface area contributed by atoms with E-state index < -0.39 is 0 Å². The molecule has 0 radical (unpaired) electrons. The molecule has 1 saturated carbocycles. The van der Waals surface area contributed by atoms with Gasteiger partial charge in [-0.3, -0.25) is 4.79 Å². The first-order valence-electron chi connectivity index (χ1n) is 6.35. The minimum absolute atomic E-state index is 0.161. The van der Waals surface area contributed by atoms with Gasteiger partial charge in [-0.25, -0.2) is 0 Å². The van der Waals surface area contributed by atoms with Crippen molar-refractivity contribution in [2.24, 2.45) is 0 Å². The average molecular weight is 247 g/mol. The zero-order valence-electron chi connectivity index (χ0n) is 11.3. The van der Waals surface area contributed by atoms with E-state index in [9.17, 15) is 4.79 Å². The number of hydrogen-bond acceptors (Lipinski definition) is 3. The van der Waals surface area contributed by atoms with Crippen LogP contribution in [-0.4, -0.2) is 44.5 Å². The van der Waals surface area contributed by atoms with Crippen molar-refractivity contribution in [2.45, 2.75) is 18.9 Å². The molecule has 0 atom stereocenters. The maximum Gasteiger partial charge on any atom is 0.241 e. The van der Waals surface area contributed by atoms with Crippen molar-refractivity contribution in [3.8, 4) is 0 Å². The van der Waals surface area contributed by atoms with E-state index in [0.29, 0.717) is 12.6 Å². The summed E-state index contributed by atoms with van der Waals surface area (Å²) in [6, 6.07) is 8.56. The second-order valence-corrected chi connectivity index (χ2v) is 5.03. The van der Waals surface area contributed by atoms with Crippen LogP contribution >= 0.6 is 0 Å². The quantitative estimate of drug-likeness (QED) is 0.861. The van der Waals surface area contributed by atoms with Gasteiger partial charge in [0.2, 0.25) is 5.91 Å². The van der Waals surface area contributed by atoms with Crippen LogP contribution in [0.25, 0.3) is 0 Å². The maximum absolute atomic E-state index is 11.8. The number of nitrogens with zero attached hydrogens (tertiary/aromatic N) is 2. The largest absolute Gasteiger partial charge is 0.378 e. The molecule has 4 heteroatoms. The van der Waals surface area contributed by atoms with Crippen molar-refractivity contribution in [3.63, 3.8) is 0 Å². The number of amides is 1. The maximum atomic E-state index is 11.8. The predicted molar refractivity (Wildman–Crippen MR) is 75.1 cm³/mol. The van der Waals surface area contributed by atoms with Gasteiger partial charge in [-0.1, -0.05) is 0 Å². The molecule has 0 spiro atoms. The predicted octanol–water partition coefficient (Wildman–Crippen LogP) is 1.79. The minimum Gasteiger partial charge on any atom is -0.378 e. The van der Waals surface area contributed by atoms with Gasteiger partial charge in [0.15, 0.2) is 0 Å². The van der Waals surface area contributed by atoms with E-state index in [0.717, 1.165) is 24.2 Å². The third-order valence-electron chi connectivity index (χ3n) is 3.32. The van der Waals surface area contributed by atoms with Gasteiger partial charge in [-0.15, -0.1) is 0 Å². The normalized spacial score (nSPS) is 14.2. The molecule has 1 N–H and O–H groups in total. The van der Waals surface area contributed by atoms with Crippen LogP contribution in [0.2, 0.25) is 0 Å². The van der Waals surface area contributed by atoms with E-state index in [1.807, 2.05) is 50.3 Å². The number of benzene rings is 1. The Morgan fingerprint density at radius 1 is 1.22 bits per heavy atom. The Kier molecular flexibility index (Phi) is 3.75. The zero-order valence-corrected chi connectivity index (χ0v) is 11.3. The third kappa shape index (κ3) is 3.15. The van der Waals surface area contributed by atoms with E-state index in [-0.39, 0.29) is 5.91 Å². The molecule has 0 bridgehead atoms. The van der Waals surface area contributed by atoms with E-state index in [1.54, 1.807) is 0 Å². The molecular weight excluding hydrogens is 226 g/mol. The number of likely N-dealkylation sites (N-methyl/N-ethyl adjacent to an activating group) is 1. The highest BCUT2D eigenvalue weighted by Crippen LogP contribution is 2.25. The molecule has 1 fully saturated rings. The van der Waals surface area contributed by atoms with Crippen LogP contribution in [0.5, 0.6) is 0 Å². The SMILES string of the molecule is CN(C)c1ccc(NCC(=O)N(C)C2CC2)cc1. The van der Waals surface area contributed by atoms with E-state index in [2.05, 4.69) is 10.2 Å². The topological polar surface area (TPSA) is 35.6 Å². The van der Waals surface area contributed by atoms with Gasteiger partial charge in [0.05, 0.1) is 6.54 Å². The van der Waals surface area contributed by atoms with E-state index in [1.165, 1.54) is 0 Å². The van der Waals surface area contributed by atoms with Gasteiger partial charge in [0.25, 0.3) is 0 Å². The van der Waals surface area contributed by atoms with Crippen LogP contribution < -0.4 is 10.2 Å². The highest BCUT2D eigenvalue weighted by Gasteiger charge is 2.29. The molecule has 0 unspecified atom stereocenters. The molecule has 0 aliphatic heterocycles. The molecule has 1 aromatic carbocycles. The number of hydrogen-bond donors (Lipinski definition) is 1. The first kappa shape index (κ1) is 12.7. The molecule has 98 valence electrons.